The second kappa shape index (κ2) is 5.39. The van der Waals surface area contributed by atoms with Gasteiger partial charge in [0.25, 0.3) is 0 Å². The molecule has 0 aliphatic rings. The van der Waals surface area contributed by atoms with Crippen molar-refractivity contribution in [3.63, 3.8) is 0 Å². The van der Waals surface area contributed by atoms with E-state index in [1.54, 1.807) is 18.2 Å². The maximum Gasteiger partial charge on any atom is 0.337 e. The molecule has 0 radical (unpaired) electrons. The molecule has 0 atom stereocenters. The van der Waals surface area contributed by atoms with Gasteiger partial charge in [0.05, 0.1) is 5.02 Å². The molecule has 4 heteroatoms. The predicted molar refractivity (Wildman–Crippen MR) is 78.3 cm³/mol. The summed E-state index contributed by atoms with van der Waals surface area (Å²) >= 11 is 5.99. The Morgan fingerprint density at radius 2 is 1.85 bits per heavy atom. The molecular formula is C16H11ClO3. The van der Waals surface area contributed by atoms with Gasteiger partial charge in [-0.1, -0.05) is 41.9 Å². The fraction of sp³-hybridized carbons (Fsp3) is 0.0625. The van der Waals surface area contributed by atoms with Crippen LogP contribution in [-0.4, -0.2) is 0 Å². The van der Waals surface area contributed by atoms with E-state index < -0.39 is 5.63 Å². The Morgan fingerprint density at radius 3 is 2.65 bits per heavy atom. The topological polar surface area (TPSA) is 39.4 Å². The highest BCUT2D eigenvalue weighted by molar-refractivity contribution is 6.35. The molecule has 0 unspecified atom stereocenters. The fourth-order valence-corrected chi connectivity index (χ4v) is 2.18. The molecule has 0 fully saturated rings. The van der Waals surface area contributed by atoms with Crippen LogP contribution < -0.4 is 10.4 Å². The SMILES string of the molecule is O=c1cc(Cl)c2ccc(OCc3ccccc3)cc2o1. The summed E-state index contributed by atoms with van der Waals surface area (Å²) in [6.07, 6.45) is 0. The number of halogens is 1. The largest absolute Gasteiger partial charge is 0.489 e. The van der Waals surface area contributed by atoms with E-state index in [0.717, 1.165) is 5.56 Å². The Morgan fingerprint density at radius 1 is 1.05 bits per heavy atom. The zero-order valence-corrected chi connectivity index (χ0v) is 11.3. The van der Waals surface area contributed by atoms with Gasteiger partial charge in [-0.15, -0.1) is 0 Å². The van der Waals surface area contributed by atoms with Crippen LogP contribution >= 0.6 is 11.6 Å². The average Bonchev–Trinajstić information content (AvgIpc) is 2.45. The van der Waals surface area contributed by atoms with Crippen molar-refractivity contribution in [3.8, 4) is 5.75 Å². The highest BCUT2D eigenvalue weighted by Crippen LogP contribution is 2.25. The molecule has 3 nitrogen and oxygen atoms in total. The molecule has 3 aromatic rings. The van der Waals surface area contributed by atoms with Crippen molar-refractivity contribution >= 4 is 22.6 Å². The lowest BCUT2D eigenvalue weighted by atomic mass is 10.2. The Bertz CT molecular complexity index is 794. The van der Waals surface area contributed by atoms with Gasteiger partial charge in [0.1, 0.15) is 17.9 Å². The average molecular weight is 287 g/mol. The normalized spacial score (nSPS) is 10.7. The van der Waals surface area contributed by atoms with Crippen LogP contribution in [0.3, 0.4) is 0 Å². The van der Waals surface area contributed by atoms with Gasteiger partial charge in [-0.3, -0.25) is 0 Å². The highest BCUT2D eigenvalue weighted by Gasteiger charge is 2.05. The van der Waals surface area contributed by atoms with Gasteiger partial charge in [0.15, 0.2) is 0 Å². The summed E-state index contributed by atoms with van der Waals surface area (Å²) < 4.78 is 10.8. The zero-order valence-electron chi connectivity index (χ0n) is 10.5. The number of ether oxygens (including phenoxy) is 1. The molecule has 0 saturated carbocycles. The van der Waals surface area contributed by atoms with Gasteiger partial charge in [-0.2, -0.15) is 0 Å². The third kappa shape index (κ3) is 2.68. The molecular weight excluding hydrogens is 276 g/mol. The summed E-state index contributed by atoms with van der Waals surface area (Å²) in [5.74, 6) is 0.631. The first-order valence-electron chi connectivity index (χ1n) is 6.12. The van der Waals surface area contributed by atoms with E-state index in [-0.39, 0.29) is 0 Å². The van der Waals surface area contributed by atoms with Gasteiger partial charge in [0.2, 0.25) is 0 Å². The van der Waals surface area contributed by atoms with Gasteiger partial charge >= 0.3 is 5.63 Å². The Kier molecular flexibility index (Phi) is 3.44. The first-order valence-corrected chi connectivity index (χ1v) is 6.50. The van der Waals surface area contributed by atoms with Gasteiger partial charge in [-0.25, -0.2) is 4.79 Å². The minimum absolute atomic E-state index is 0.380. The van der Waals surface area contributed by atoms with Crippen LogP contribution in [0.1, 0.15) is 5.56 Å². The van der Waals surface area contributed by atoms with Crippen molar-refractivity contribution in [1.82, 2.24) is 0 Å². The number of hydrogen-bond acceptors (Lipinski definition) is 3. The molecule has 100 valence electrons. The lowest BCUT2D eigenvalue weighted by molar-refractivity contribution is 0.306. The van der Waals surface area contributed by atoms with E-state index in [4.69, 9.17) is 20.8 Å². The fourth-order valence-electron chi connectivity index (χ4n) is 1.93. The van der Waals surface area contributed by atoms with Crippen LogP contribution in [0.5, 0.6) is 5.75 Å². The number of hydrogen-bond donors (Lipinski definition) is 0. The first-order chi connectivity index (χ1) is 9.72. The maximum atomic E-state index is 11.3. The molecule has 2 aromatic carbocycles. The van der Waals surface area contributed by atoms with Crippen LogP contribution in [0.2, 0.25) is 5.02 Å². The number of fused-ring (bicyclic) bond motifs is 1. The lowest BCUT2D eigenvalue weighted by Gasteiger charge is -2.07. The molecule has 3 rings (SSSR count). The smallest absolute Gasteiger partial charge is 0.337 e. The minimum atomic E-state index is -0.470. The molecule has 1 heterocycles. The predicted octanol–water partition coefficient (Wildman–Crippen LogP) is 4.03. The number of rotatable bonds is 3. The second-order valence-electron chi connectivity index (χ2n) is 4.35. The number of benzene rings is 2. The zero-order chi connectivity index (χ0) is 13.9. The Hall–Kier alpha value is -2.26. The van der Waals surface area contributed by atoms with Crippen molar-refractivity contribution in [2.75, 3.05) is 0 Å². The molecule has 0 amide bonds. The van der Waals surface area contributed by atoms with Crippen LogP contribution in [0.15, 0.2) is 63.8 Å². The highest BCUT2D eigenvalue weighted by atomic mass is 35.5. The lowest BCUT2D eigenvalue weighted by Crippen LogP contribution is -1.97. The van der Waals surface area contributed by atoms with Crippen molar-refractivity contribution < 1.29 is 9.15 Å². The first kappa shape index (κ1) is 12.8. The molecule has 0 N–H and O–H groups in total. The van der Waals surface area contributed by atoms with E-state index in [1.807, 2.05) is 30.3 Å². The molecule has 1 aromatic heterocycles. The van der Waals surface area contributed by atoms with E-state index in [0.29, 0.717) is 28.3 Å². The third-order valence-electron chi connectivity index (χ3n) is 2.91. The van der Waals surface area contributed by atoms with Gasteiger partial charge < -0.3 is 9.15 Å². The van der Waals surface area contributed by atoms with Crippen molar-refractivity contribution in [1.29, 1.82) is 0 Å². The molecule has 0 spiro atoms. The summed E-state index contributed by atoms with van der Waals surface area (Å²) in [6.45, 7) is 0.456. The summed E-state index contributed by atoms with van der Waals surface area (Å²) in [7, 11) is 0. The molecule has 0 aliphatic heterocycles. The van der Waals surface area contributed by atoms with Gasteiger partial charge in [0, 0.05) is 17.5 Å². The van der Waals surface area contributed by atoms with Crippen LogP contribution in [-0.2, 0) is 6.61 Å². The summed E-state index contributed by atoms with van der Waals surface area (Å²) in [5.41, 5.74) is 1.02. The van der Waals surface area contributed by atoms with Crippen LogP contribution in [0, 0.1) is 0 Å². The van der Waals surface area contributed by atoms with E-state index in [9.17, 15) is 4.79 Å². The third-order valence-corrected chi connectivity index (χ3v) is 3.23. The minimum Gasteiger partial charge on any atom is -0.489 e. The molecule has 0 aliphatic carbocycles. The van der Waals surface area contributed by atoms with Gasteiger partial charge in [-0.05, 0) is 17.7 Å². The Balaban J connectivity index is 1.88. The van der Waals surface area contributed by atoms with Crippen molar-refractivity contribution in [3.05, 3.63) is 75.6 Å². The standard InChI is InChI=1S/C16H11ClO3/c17-14-9-16(18)20-15-8-12(6-7-13(14)15)19-10-11-4-2-1-3-5-11/h1-9H,10H2. The molecule has 0 bridgehead atoms. The van der Waals surface area contributed by atoms with Crippen molar-refractivity contribution in [2.45, 2.75) is 6.61 Å². The molecule has 0 saturated heterocycles. The van der Waals surface area contributed by atoms with Crippen LogP contribution in [0.25, 0.3) is 11.0 Å². The van der Waals surface area contributed by atoms with Crippen LogP contribution in [0.4, 0.5) is 0 Å². The van der Waals surface area contributed by atoms with E-state index in [2.05, 4.69) is 0 Å². The van der Waals surface area contributed by atoms with E-state index >= 15 is 0 Å². The Labute approximate surface area is 120 Å². The monoisotopic (exact) mass is 286 g/mol. The maximum absolute atomic E-state index is 11.3. The second-order valence-corrected chi connectivity index (χ2v) is 4.75. The summed E-state index contributed by atoms with van der Waals surface area (Å²) in [5, 5.41) is 1.07. The van der Waals surface area contributed by atoms with Crippen molar-refractivity contribution in [2.24, 2.45) is 0 Å². The quantitative estimate of drug-likeness (QED) is 0.683. The van der Waals surface area contributed by atoms with E-state index in [1.165, 1.54) is 6.07 Å². The summed E-state index contributed by atoms with van der Waals surface area (Å²) in [6, 6.07) is 16.3. The summed E-state index contributed by atoms with van der Waals surface area (Å²) in [4.78, 5) is 11.3. The molecule has 20 heavy (non-hydrogen) atoms.